The van der Waals surface area contributed by atoms with Crippen molar-refractivity contribution < 1.29 is 36.8 Å². The van der Waals surface area contributed by atoms with Gasteiger partial charge in [0.2, 0.25) is 0 Å². The maximum atomic E-state index is 10.1. The zero-order chi connectivity index (χ0) is 35.1. The van der Waals surface area contributed by atoms with E-state index in [4.69, 9.17) is 40.3 Å². The number of aliphatic hydroxyl groups excluding tert-OH is 2. The van der Waals surface area contributed by atoms with Crippen LogP contribution in [0.4, 0.5) is 0 Å². The fraction of sp³-hybridized carbons (Fsp3) is 0.944. The number of hydrogen-bond acceptors (Lipinski definition) is 4. The van der Waals surface area contributed by atoms with E-state index in [1.807, 2.05) is 0 Å². The number of aliphatic hydroxyl groups is 2. The minimum absolute atomic E-state index is 0.370. The van der Waals surface area contributed by atoms with Gasteiger partial charge in [-0.2, -0.15) is 0 Å². The predicted molar refractivity (Wildman–Crippen MR) is 197 cm³/mol. The second-order valence-electron chi connectivity index (χ2n) is 11.6. The van der Waals surface area contributed by atoms with E-state index in [0.29, 0.717) is 26.1 Å². The van der Waals surface area contributed by atoms with Crippen LogP contribution in [-0.4, -0.2) is 35.2 Å². The number of carbonyl (C=O) groups is 2. The van der Waals surface area contributed by atoms with Crippen molar-refractivity contribution in [3.63, 3.8) is 0 Å². The molecule has 0 bridgehead atoms. The molecule has 0 fully saturated rings. The molecule has 0 aromatic heterocycles. The van der Waals surface area contributed by atoms with Gasteiger partial charge in [0.15, 0.2) is 0 Å². The first-order valence-electron chi connectivity index (χ1n) is 18.5. The van der Waals surface area contributed by atoms with E-state index in [1.165, 1.54) is 128 Å². The van der Waals surface area contributed by atoms with Gasteiger partial charge in [0.25, 0.3) is 0 Å². The summed E-state index contributed by atoms with van der Waals surface area (Å²) in [5.74, 6) is -0.840. The molecule has 0 spiro atoms. The molecule has 4 N–H and O–H groups in total. The molecule has 0 aliphatic carbocycles. The van der Waals surface area contributed by atoms with Crippen LogP contribution in [0.1, 0.15) is 207 Å². The van der Waals surface area contributed by atoms with Gasteiger partial charge in [-0.1, -0.05) is 169 Å². The molecule has 274 valence electrons. The standard InChI is InChI=1S/2C10H22O.2C8H17NO.2ClH.Ti/c2*1-2-3-4-5-6-7-8-9-10-11;2*1-2-3-4-5-6-7-8(9)10;;;/h2*11H,2-10H2,1H3;2*2-7H2,1H3,(H2,9,10);2*1H;/q;;;;;;+2/p-4. The van der Waals surface area contributed by atoms with Crippen molar-refractivity contribution >= 4 is 30.4 Å². The number of unbranched alkanes of at least 4 members (excludes halogenated alkanes) is 22. The summed E-state index contributed by atoms with van der Waals surface area (Å²) in [6, 6.07) is 0. The van der Waals surface area contributed by atoms with Crippen molar-refractivity contribution in [2.75, 3.05) is 13.2 Å². The SMILES string of the molecule is CCCCCCCC([NH-])=O.CCCCCCCC([NH-])=O.CCCCCCCCCCO.CCCCCCCCCCO.[Cl][Ti][Cl]. The first-order valence-corrected chi connectivity index (χ1v) is 22.8. The number of hydrogen-bond donors (Lipinski definition) is 2. The molecule has 0 radical (unpaired) electrons. The molecule has 0 aromatic carbocycles. The fourth-order valence-corrected chi connectivity index (χ4v) is 4.27. The van der Waals surface area contributed by atoms with Crippen molar-refractivity contribution in [3.8, 4) is 0 Å². The summed E-state index contributed by atoms with van der Waals surface area (Å²) in [4.78, 5) is 20.3. The maximum absolute atomic E-state index is 10.1. The van der Waals surface area contributed by atoms with Gasteiger partial charge >= 0.3 is 35.6 Å². The number of carbonyl (C=O) groups excluding carboxylic acids is 2. The van der Waals surface area contributed by atoms with E-state index in [-0.39, 0.29) is 0 Å². The van der Waals surface area contributed by atoms with Crippen LogP contribution in [0.5, 0.6) is 0 Å². The van der Waals surface area contributed by atoms with Gasteiger partial charge in [0.1, 0.15) is 0 Å². The Bertz CT molecular complexity index is 450. The van der Waals surface area contributed by atoms with Crippen LogP contribution in [0.2, 0.25) is 0 Å². The normalized spacial score (nSPS) is 9.69. The monoisotopic (exact) mass is 718 g/mol. The first-order chi connectivity index (χ1) is 21.8. The molecular formula is C36H76Cl2N2O4Ti-2. The van der Waals surface area contributed by atoms with Crippen LogP contribution in [0.15, 0.2) is 0 Å². The van der Waals surface area contributed by atoms with E-state index in [2.05, 4.69) is 27.7 Å². The molecule has 2 amide bonds. The van der Waals surface area contributed by atoms with E-state index < -0.39 is 28.8 Å². The molecule has 0 rings (SSSR count). The molecule has 9 heteroatoms. The van der Waals surface area contributed by atoms with Crippen molar-refractivity contribution in [2.24, 2.45) is 0 Å². The van der Waals surface area contributed by atoms with Crippen molar-refractivity contribution in [3.05, 3.63) is 11.5 Å². The van der Waals surface area contributed by atoms with E-state index in [9.17, 15) is 9.59 Å². The number of halogens is 2. The Morgan fingerprint density at radius 1 is 0.422 bits per heavy atom. The van der Waals surface area contributed by atoms with Crippen molar-refractivity contribution in [1.82, 2.24) is 0 Å². The molecule has 6 nitrogen and oxygen atoms in total. The van der Waals surface area contributed by atoms with Crippen LogP contribution in [-0.2, 0) is 26.6 Å². The average molecular weight is 720 g/mol. The first kappa shape index (κ1) is 54.6. The van der Waals surface area contributed by atoms with Crippen molar-refractivity contribution in [1.29, 1.82) is 0 Å². The third-order valence-corrected chi connectivity index (χ3v) is 7.04. The van der Waals surface area contributed by atoms with E-state index >= 15 is 0 Å². The minimum atomic E-state index is -0.556. The third-order valence-electron chi connectivity index (χ3n) is 7.04. The summed E-state index contributed by atoms with van der Waals surface area (Å²) in [7, 11) is 9.78. The van der Waals surface area contributed by atoms with Gasteiger partial charge in [-0.15, -0.1) is 0 Å². The Balaban J connectivity index is -0.000000153. The summed E-state index contributed by atoms with van der Waals surface area (Å²) in [6.45, 7) is 9.55. The topological polar surface area (TPSA) is 122 Å². The Labute approximate surface area is 298 Å². The van der Waals surface area contributed by atoms with E-state index in [1.54, 1.807) is 0 Å². The number of rotatable bonds is 28. The van der Waals surface area contributed by atoms with Gasteiger partial charge < -0.3 is 31.3 Å². The van der Waals surface area contributed by atoms with Crippen LogP contribution >= 0.6 is 18.6 Å². The second kappa shape index (κ2) is 59.6. The Morgan fingerprint density at radius 2 is 0.600 bits per heavy atom. The Kier molecular flexibility index (Phi) is 72.3. The van der Waals surface area contributed by atoms with Gasteiger partial charge in [0, 0.05) is 25.0 Å². The molecule has 0 unspecified atom stereocenters. The molecule has 45 heavy (non-hydrogen) atoms. The van der Waals surface area contributed by atoms with E-state index in [0.717, 1.165) is 38.5 Å². The van der Waals surface area contributed by atoms with Crippen molar-refractivity contribution in [2.45, 2.75) is 207 Å². The number of amides is 2. The van der Waals surface area contributed by atoms with Crippen LogP contribution in [0.25, 0.3) is 11.5 Å². The molecule has 0 saturated heterocycles. The molecule has 0 aliphatic heterocycles. The fourth-order valence-electron chi connectivity index (χ4n) is 4.27. The summed E-state index contributed by atoms with van der Waals surface area (Å²) in [5, 5.41) is 17.0. The second-order valence-corrected chi connectivity index (χ2v) is 14.2. The molecule has 0 heterocycles. The van der Waals surface area contributed by atoms with Gasteiger partial charge in [0.05, 0.1) is 0 Å². The molecule has 0 aromatic rings. The Hall–Kier alpha value is 0.154. The summed E-state index contributed by atoms with van der Waals surface area (Å²) < 4.78 is 0. The zero-order valence-corrected chi connectivity index (χ0v) is 33.3. The van der Waals surface area contributed by atoms with Crippen LogP contribution < -0.4 is 0 Å². The van der Waals surface area contributed by atoms with Gasteiger partial charge in [-0.05, 0) is 38.5 Å². The third kappa shape index (κ3) is 86.3. The van der Waals surface area contributed by atoms with Gasteiger partial charge in [-0.25, -0.2) is 0 Å². The molecule has 0 saturated carbocycles. The molecule has 0 atom stereocenters. The Morgan fingerprint density at radius 3 is 0.778 bits per heavy atom. The molecule has 0 aliphatic rings. The summed E-state index contributed by atoms with van der Waals surface area (Å²) in [6.07, 6.45) is 33.1. The zero-order valence-electron chi connectivity index (χ0n) is 30.2. The quantitative estimate of drug-likeness (QED) is 0.0617. The average Bonchev–Trinajstić information content (AvgIpc) is 3.01. The summed E-state index contributed by atoms with van der Waals surface area (Å²) >= 11 is -0.556. The van der Waals surface area contributed by atoms with Crippen LogP contribution in [0.3, 0.4) is 0 Å². The number of nitrogens with one attached hydrogen (secondary N) is 2. The van der Waals surface area contributed by atoms with Gasteiger partial charge in [-0.3, -0.25) is 0 Å². The predicted octanol–water partition coefficient (Wildman–Crippen LogP) is 13.5. The molecular weight excluding hydrogens is 643 g/mol. The summed E-state index contributed by atoms with van der Waals surface area (Å²) in [5.41, 5.74) is 13.2. The van der Waals surface area contributed by atoms with Crippen LogP contribution in [0, 0.1) is 0 Å².